The molecule has 1 heterocycles. The lowest BCUT2D eigenvalue weighted by atomic mass is 9.96. The fourth-order valence-electron chi connectivity index (χ4n) is 8.71. The first-order valence-electron chi connectivity index (χ1n) is 21.2. The molecule has 0 amide bonds. The predicted octanol–water partition coefficient (Wildman–Crippen LogP) is 17.1. The van der Waals surface area contributed by atoms with Crippen molar-refractivity contribution in [1.29, 1.82) is 0 Å². The molecule has 0 saturated heterocycles. The van der Waals surface area contributed by atoms with Crippen LogP contribution < -0.4 is 4.90 Å². The summed E-state index contributed by atoms with van der Waals surface area (Å²) < 4.78 is 6.19. The van der Waals surface area contributed by atoms with Crippen LogP contribution in [0.2, 0.25) is 0 Å². The van der Waals surface area contributed by atoms with Crippen LogP contribution in [0.3, 0.4) is 0 Å². The molecule has 11 aromatic rings. The van der Waals surface area contributed by atoms with Crippen molar-refractivity contribution >= 4 is 38.8 Å². The van der Waals surface area contributed by atoms with Crippen LogP contribution >= 0.6 is 0 Å². The zero-order valence-corrected chi connectivity index (χ0v) is 34.0. The average Bonchev–Trinajstić information content (AvgIpc) is 3.80. The van der Waals surface area contributed by atoms with Crippen LogP contribution in [0.15, 0.2) is 253 Å². The van der Waals surface area contributed by atoms with Gasteiger partial charge >= 0.3 is 0 Å². The molecular weight excluding hydrogens is 751 g/mol. The second kappa shape index (κ2) is 16.1. The molecule has 0 fully saturated rings. The maximum atomic E-state index is 6.19. The van der Waals surface area contributed by atoms with E-state index in [4.69, 9.17) is 4.42 Å². The number of hydrogen-bond acceptors (Lipinski definition) is 2. The molecule has 2 nitrogen and oxygen atoms in total. The second-order valence-electron chi connectivity index (χ2n) is 15.7. The quantitative estimate of drug-likeness (QED) is 0.145. The van der Waals surface area contributed by atoms with E-state index in [0.29, 0.717) is 0 Å². The molecule has 0 aliphatic rings. The van der Waals surface area contributed by atoms with Crippen molar-refractivity contribution < 1.29 is 4.42 Å². The minimum absolute atomic E-state index is 0.878. The van der Waals surface area contributed by atoms with Gasteiger partial charge in [0, 0.05) is 27.9 Å². The van der Waals surface area contributed by atoms with Gasteiger partial charge in [0.2, 0.25) is 0 Å². The van der Waals surface area contributed by atoms with E-state index in [9.17, 15) is 0 Å². The highest BCUT2D eigenvalue weighted by Crippen LogP contribution is 2.43. The summed E-state index contributed by atoms with van der Waals surface area (Å²) in [4.78, 5) is 2.38. The van der Waals surface area contributed by atoms with Crippen molar-refractivity contribution in [3.05, 3.63) is 249 Å². The highest BCUT2D eigenvalue weighted by molar-refractivity contribution is 5.97. The Morgan fingerprint density at radius 1 is 0.274 bits per heavy atom. The molecule has 1 aromatic heterocycles. The van der Waals surface area contributed by atoms with E-state index in [-0.39, 0.29) is 0 Å². The Labute approximate surface area is 362 Å². The maximum Gasteiger partial charge on any atom is 0.135 e. The summed E-state index contributed by atoms with van der Waals surface area (Å²) in [5.74, 6) is 0.878. The van der Waals surface area contributed by atoms with Gasteiger partial charge in [-0.05, 0) is 109 Å². The van der Waals surface area contributed by atoms with Crippen LogP contribution in [0.1, 0.15) is 0 Å². The topological polar surface area (TPSA) is 16.4 Å². The van der Waals surface area contributed by atoms with Crippen LogP contribution in [0, 0.1) is 0 Å². The summed E-state index contributed by atoms with van der Waals surface area (Å²) in [6, 6.07) is 89.1. The fraction of sp³-hybridized carbons (Fsp3) is 0. The fourth-order valence-corrected chi connectivity index (χ4v) is 8.71. The smallest absolute Gasteiger partial charge is 0.135 e. The number of rotatable bonds is 9. The standard InChI is InChI=1S/C60H41NO/c1-2-12-42(13-3-1)43-28-30-49(31-29-43)57-20-7-8-22-58(57)61(54-38-34-48(35-39-54)56-21-11-16-47-14-4-6-19-55(47)56)53-36-32-45(33-37-53)44-24-26-46(27-25-44)50-17-10-18-51(40-50)60-41-52-15-5-9-23-59(52)62-60/h1-41H. The van der Waals surface area contributed by atoms with Crippen molar-refractivity contribution in [2.75, 3.05) is 4.90 Å². The van der Waals surface area contributed by atoms with Gasteiger partial charge in [-0.1, -0.05) is 200 Å². The van der Waals surface area contributed by atoms with Crippen LogP contribution in [0.5, 0.6) is 0 Å². The van der Waals surface area contributed by atoms with Gasteiger partial charge in [0.05, 0.1) is 5.69 Å². The molecule has 0 aliphatic heterocycles. The molecule has 62 heavy (non-hydrogen) atoms. The summed E-state index contributed by atoms with van der Waals surface area (Å²) >= 11 is 0. The zero-order valence-electron chi connectivity index (χ0n) is 34.0. The number of nitrogens with zero attached hydrogens (tertiary/aromatic N) is 1. The van der Waals surface area contributed by atoms with Crippen LogP contribution in [-0.4, -0.2) is 0 Å². The number of hydrogen-bond donors (Lipinski definition) is 0. The third-order valence-electron chi connectivity index (χ3n) is 11.9. The van der Waals surface area contributed by atoms with Gasteiger partial charge < -0.3 is 9.32 Å². The summed E-state index contributed by atoms with van der Waals surface area (Å²) in [5.41, 5.74) is 17.0. The molecule has 10 aromatic carbocycles. The van der Waals surface area contributed by atoms with E-state index in [2.05, 4.69) is 235 Å². The Kier molecular flexibility index (Phi) is 9.57. The van der Waals surface area contributed by atoms with Crippen molar-refractivity contribution in [3.8, 4) is 67.0 Å². The zero-order chi connectivity index (χ0) is 41.2. The molecule has 0 atom stereocenters. The van der Waals surface area contributed by atoms with Gasteiger partial charge in [-0.15, -0.1) is 0 Å². The SMILES string of the molecule is c1ccc(-c2ccc(-c3ccccc3N(c3ccc(-c4ccc(-c5cccc(-c6cc7ccccc7o6)c5)cc4)cc3)c3ccc(-c4cccc5ccccc45)cc3)cc2)cc1. The third kappa shape index (κ3) is 7.14. The second-order valence-corrected chi connectivity index (χ2v) is 15.7. The Morgan fingerprint density at radius 3 is 1.44 bits per heavy atom. The highest BCUT2D eigenvalue weighted by atomic mass is 16.3. The van der Waals surface area contributed by atoms with Gasteiger partial charge in [0.1, 0.15) is 11.3 Å². The van der Waals surface area contributed by atoms with Gasteiger partial charge in [0.25, 0.3) is 0 Å². The van der Waals surface area contributed by atoms with Crippen LogP contribution in [0.4, 0.5) is 17.1 Å². The lowest BCUT2D eigenvalue weighted by Gasteiger charge is -2.28. The molecule has 292 valence electrons. The summed E-state index contributed by atoms with van der Waals surface area (Å²) in [7, 11) is 0. The van der Waals surface area contributed by atoms with Crippen LogP contribution in [0.25, 0.3) is 88.7 Å². The Morgan fingerprint density at radius 2 is 0.726 bits per heavy atom. The minimum Gasteiger partial charge on any atom is -0.456 e. The van der Waals surface area contributed by atoms with E-state index in [1.807, 2.05) is 18.2 Å². The Bertz CT molecular complexity index is 3270. The monoisotopic (exact) mass is 791 g/mol. The Hall–Kier alpha value is -8.20. The van der Waals surface area contributed by atoms with E-state index < -0.39 is 0 Å². The maximum absolute atomic E-state index is 6.19. The molecule has 11 rings (SSSR count). The number of para-hydroxylation sites is 2. The summed E-state index contributed by atoms with van der Waals surface area (Å²) in [5, 5.41) is 3.61. The van der Waals surface area contributed by atoms with E-state index in [1.54, 1.807) is 0 Å². The highest BCUT2D eigenvalue weighted by Gasteiger charge is 2.18. The molecule has 0 aliphatic carbocycles. The normalized spacial score (nSPS) is 11.2. The van der Waals surface area contributed by atoms with Crippen molar-refractivity contribution in [2.24, 2.45) is 0 Å². The van der Waals surface area contributed by atoms with Crippen molar-refractivity contribution in [2.45, 2.75) is 0 Å². The van der Waals surface area contributed by atoms with E-state index >= 15 is 0 Å². The largest absolute Gasteiger partial charge is 0.456 e. The molecule has 0 spiro atoms. The van der Waals surface area contributed by atoms with Gasteiger partial charge in [-0.3, -0.25) is 0 Å². The summed E-state index contributed by atoms with van der Waals surface area (Å²) in [6.45, 7) is 0. The minimum atomic E-state index is 0.878. The molecule has 0 unspecified atom stereocenters. The first kappa shape index (κ1) is 36.8. The third-order valence-corrected chi connectivity index (χ3v) is 11.9. The molecule has 0 N–H and O–H groups in total. The first-order valence-corrected chi connectivity index (χ1v) is 21.2. The molecule has 0 saturated carbocycles. The van der Waals surface area contributed by atoms with Crippen LogP contribution in [-0.2, 0) is 0 Å². The number of benzene rings is 10. The Balaban J connectivity index is 0.933. The molecular formula is C60H41NO. The molecule has 0 bridgehead atoms. The van der Waals surface area contributed by atoms with Gasteiger partial charge in [0.15, 0.2) is 0 Å². The van der Waals surface area contributed by atoms with Gasteiger partial charge in [-0.2, -0.15) is 0 Å². The van der Waals surface area contributed by atoms with Crippen molar-refractivity contribution in [1.82, 2.24) is 0 Å². The number of furan rings is 1. The molecule has 0 radical (unpaired) electrons. The first-order chi connectivity index (χ1) is 30.7. The molecule has 2 heteroatoms. The van der Waals surface area contributed by atoms with E-state index in [0.717, 1.165) is 67.2 Å². The van der Waals surface area contributed by atoms with Gasteiger partial charge in [-0.25, -0.2) is 0 Å². The average molecular weight is 792 g/mol. The predicted molar refractivity (Wildman–Crippen MR) is 261 cm³/mol. The van der Waals surface area contributed by atoms with E-state index in [1.165, 1.54) is 38.6 Å². The lowest BCUT2D eigenvalue weighted by Crippen LogP contribution is -2.11. The summed E-state index contributed by atoms with van der Waals surface area (Å²) in [6.07, 6.45) is 0. The number of anilines is 3. The lowest BCUT2D eigenvalue weighted by molar-refractivity contribution is 0.631. The number of fused-ring (bicyclic) bond motifs is 2. The van der Waals surface area contributed by atoms with Crippen molar-refractivity contribution in [3.63, 3.8) is 0 Å².